The van der Waals surface area contributed by atoms with Crippen LogP contribution in [-0.2, 0) is 33.5 Å². The monoisotopic (exact) mass is 1190 g/mol. The smallest absolute Gasteiger partial charge is 0.321 e. The Hall–Kier alpha value is -9.33. The molecule has 0 aliphatic rings. The molecule has 0 unspecified atom stereocenters. The van der Waals surface area contributed by atoms with E-state index in [2.05, 4.69) is 31.2 Å². The van der Waals surface area contributed by atoms with Crippen molar-refractivity contribution in [2.24, 2.45) is 21.1 Å². The zero-order chi connectivity index (χ0) is 61.0. The molecular formula is C56H40ClF14N9O3. The fourth-order valence-electron chi connectivity index (χ4n) is 7.92. The van der Waals surface area contributed by atoms with Gasteiger partial charge in [-0.3, -0.25) is 28.4 Å². The SMILES string of the molecule is Cc1ccc(-c2cc(F)ccc2NC(=O)c2cn(C)nc2C(F)(F)F)cc1F.Cc1ccc(-c2cc(F)ccc2NC(=O)c2cn(C)nc2C(F)F)cc1F.Cn1cc(C(=O)Nc2ccc(F)cc2-c2ccc(Cl)c(F)c2)c(C(F)(F)F)n1. The Labute approximate surface area is 465 Å². The maximum atomic E-state index is 13.9. The highest BCUT2D eigenvalue weighted by molar-refractivity contribution is 6.30. The number of alkyl halides is 8. The largest absolute Gasteiger partial charge is 0.435 e. The van der Waals surface area contributed by atoms with Gasteiger partial charge in [-0.15, -0.1) is 0 Å². The maximum Gasteiger partial charge on any atom is 0.435 e. The lowest BCUT2D eigenvalue weighted by molar-refractivity contribution is -0.142. The Bertz CT molecular complexity index is 3760. The molecule has 0 saturated carbocycles. The lowest BCUT2D eigenvalue weighted by atomic mass is 10.0. The van der Waals surface area contributed by atoms with Gasteiger partial charge in [0.2, 0.25) is 0 Å². The van der Waals surface area contributed by atoms with E-state index in [1.165, 1.54) is 81.9 Å². The van der Waals surface area contributed by atoms with E-state index >= 15 is 0 Å². The molecule has 3 N–H and O–H groups in total. The van der Waals surface area contributed by atoms with Crippen LogP contribution in [0.4, 0.5) is 78.5 Å². The average molecular weight is 1190 g/mol. The number of carbonyl (C=O) groups is 3. The van der Waals surface area contributed by atoms with Gasteiger partial charge in [0.25, 0.3) is 24.1 Å². The molecule has 27 heteroatoms. The van der Waals surface area contributed by atoms with E-state index in [9.17, 15) is 75.8 Å². The summed E-state index contributed by atoms with van der Waals surface area (Å²) in [6, 6.07) is 22.2. The lowest BCUT2D eigenvalue weighted by Gasteiger charge is -2.13. The molecule has 3 aromatic heterocycles. The van der Waals surface area contributed by atoms with E-state index in [4.69, 9.17) is 11.6 Å². The first-order chi connectivity index (χ1) is 38.9. The van der Waals surface area contributed by atoms with Crippen molar-refractivity contribution < 1.29 is 75.8 Å². The van der Waals surface area contributed by atoms with Gasteiger partial charge in [0, 0.05) is 73.5 Å². The zero-order valence-corrected chi connectivity index (χ0v) is 44.0. The number of amides is 3. The van der Waals surface area contributed by atoms with Crippen LogP contribution < -0.4 is 16.0 Å². The summed E-state index contributed by atoms with van der Waals surface area (Å²) < 4.78 is 190. The maximum absolute atomic E-state index is 13.9. The molecule has 83 heavy (non-hydrogen) atoms. The van der Waals surface area contributed by atoms with Crippen molar-refractivity contribution in [2.75, 3.05) is 16.0 Å². The summed E-state index contributed by atoms with van der Waals surface area (Å²) in [5.74, 6) is -6.69. The number of halogens is 15. The van der Waals surface area contributed by atoms with Crippen LogP contribution in [0.5, 0.6) is 0 Å². The minimum Gasteiger partial charge on any atom is -0.321 e. The standard InChI is InChI=1S/C19H14F5N3O.C19H15F4N3O.C18H11ClF5N3O/c1-10-3-4-11(7-15(10)21)13-8-12(20)5-6-16(13)25-18(28)14-9-27(2)26-17(14)19(22,23)24;1-10-3-4-11(7-15(10)21)13-8-12(20)5-6-16(13)24-19(27)14-9-26(2)25-17(14)18(22)23;1-27-8-12(16(26-27)18(22,23)24)17(28)25-15-5-3-10(20)7-11(15)9-2-4-13(19)14(21)6-9/h3-9H,1-2H3,(H,25,28);3-9,18H,1-2H3,(H,24,27);2-8H,1H3,(H,25,28). The van der Waals surface area contributed by atoms with Crippen LogP contribution in [0.1, 0.15) is 65.7 Å². The van der Waals surface area contributed by atoms with Crippen molar-refractivity contribution in [2.45, 2.75) is 32.6 Å². The Kier molecular flexibility index (Phi) is 18.3. The summed E-state index contributed by atoms with van der Waals surface area (Å²) in [5.41, 5.74) is -2.83. The first-order valence-corrected chi connectivity index (χ1v) is 24.1. The van der Waals surface area contributed by atoms with Gasteiger partial charge >= 0.3 is 12.4 Å². The third kappa shape index (κ3) is 14.8. The molecule has 0 atom stereocenters. The van der Waals surface area contributed by atoms with Gasteiger partial charge in [-0.1, -0.05) is 41.9 Å². The summed E-state index contributed by atoms with van der Waals surface area (Å²) in [5, 5.41) is 17.1. The van der Waals surface area contributed by atoms with E-state index in [-0.39, 0.29) is 55.5 Å². The topological polar surface area (TPSA) is 141 Å². The first-order valence-electron chi connectivity index (χ1n) is 23.7. The molecule has 0 fully saturated rings. The van der Waals surface area contributed by atoms with E-state index in [1.54, 1.807) is 19.9 Å². The zero-order valence-electron chi connectivity index (χ0n) is 43.3. The quantitative estimate of drug-likeness (QED) is 0.117. The molecule has 0 bridgehead atoms. The summed E-state index contributed by atoms with van der Waals surface area (Å²) in [4.78, 5) is 37.4. The van der Waals surface area contributed by atoms with Gasteiger partial charge in [-0.05, 0) is 121 Å². The number of anilines is 3. The third-order valence-electron chi connectivity index (χ3n) is 11.9. The minimum atomic E-state index is -4.83. The number of nitrogens with zero attached hydrogens (tertiary/aromatic N) is 6. The number of carbonyl (C=O) groups excluding carboxylic acids is 3. The van der Waals surface area contributed by atoms with Crippen molar-refractivity contribution in [3.05, 3.63) is 213 Å². The number of hydrogen-bond acceptors (Lipinski definition) is 6. The second kappa shape index (κ2) is 24.8. The van der Waals surface area contributed by atoms with Crippen molar-refractivity contribution in [1.82, 2.24) is 29.3 Å². The molecule has 6 aromatic carbocycles. The van der Waals surface area contributed by atoms with Crippen LogP contribution in [0, 0.1) is 48.8 Å². The molecule has 0 spiro atoms. The normalized spacial score (nSPS) is 11.4. The van der Waals surface area contributed by atoms with Crippen LogP contribution in [-0.4, -0.2) is 47.1 Å². The van der Waals surface area contributed by atoms with Gasteiger partial charge in [-0.25, -0.2) is 35.1 Å². The Morgan fingerprint density at radius 2 is 0.783 bits per heavy atom. The molecule has 3 amide bonds. The van der Waals surface area contributed by atoms with Crippen LogP contribution in [0.2, 0.25) is 5.02 Å². The van der Waals surface area contributed by atoms with Crippen LogP contribution >= 0.6 is 11.6 Å². The van der Waals surface area contributed by atoms with Crippen molar-refractivity contribution in [3.8, 4) is 33.4 Å². The highest BCUT2D eigenvalue weighted by atomic mass is 35.5. The second-order valence-electron chi connectivity index (χ2n) is 18.0. The molecular weight excluding hydrogens is 1150 g/mol. The molecule has 0 saturated heterocycles. The van der Waals surface area contributed by atoms with Gasteiger partial charge in [0.05, 0.1) is 21.7 Å². The summed E-state index contributed by atoms with van der Waals surface area (Å²) in [7, 11) is 3.91. The predicted molar refractivity (Wildman–Crippen MR) is 278 cm³/mol. The number of aromatic nitrogens is 6. The van der Waals surface area contributed by atoms with Crippen molar-refractivity contribution >= 4 is 46.4 Å². The Balaban J connectivity index is 0.000000179. The van der Waals surface area contributed by atoms with Gasteiger partial charge in [0.1, 0.15) is 40.6 Å². The summed E-state index contributed by atoms with van der Waals surface area (Å²) in [6.07, 6.45) is -9.55. The molecule has 0 radical (unpaired) electrons. The summed E-state index contributed by atoms with van der Waals surface area (Å²) in [6.45, 7) is 3.14. The highest BCUT2D eigenvalue weighted by Crippen LogP contribution is 2.37. The molecule has 9 aromatic rings. The van der Waals surface area contributed by atoms with E-state index in [1.807, 2.05) is 0 Å². The number of aryl methyl sites for hydroxylation is 5. The molecule has 0 aliphatic heterocycles. The summed E-state index contributed by atoms with van der Waals surface area (Å²) >= 11 is 5.63. The van der Waals surface area contributed by atoms with E-state index < -0.39 is 99.6 Å². The molecule has 432 valence electrons. The molecule has 9 rings (SSSR count). The lowest BCUT2D eigenvalue weighted by Crippen LogP contribution is -2.18. The second-order valence-corrected chi connectivity index (χ2v) is 18.4. The highest BCUT2D eigenvalue weighted by Gasteiger charge is 2.40. The number of rotatable bonds is 10. The predicted octanol–water partition coefficient (Wildman–Crippen LogP) is 15.1. The van der Waals surface area contributed by atoms with Gasteiger partial charge in [-0.2, -0.15) is 41.6 Å². The van der Waals surface area contributed by atoms with Crippen LogP contribution in [0.25, 0.3) is 33.4 Å². The molecule has 3 heterocycles. The van der Waals surface area contributed by atoms with Crippen molar-refractivity contribution in [3.63, 3.8) is 0 Å². The minimum absolute atomic E-state index is 0.00917. The van der Waals surface area contributed by atoms with Gasteiger partial charge < -0.3 is 16.0 Å². The third-order valence-corrected chi connectivity index (χ3v) is 12.2. The van der Waals surface area contributed by atoms with Crippen molar-refractivity contribution in [1.29, 1.82) is 0 Å². The molecule has 12 nitrogen and oxygen atoms in total. The first kappa shape index (κ1) is 61.3. The fourth-order valence-corrected chi connectivity index (χ4v) is 8.03. The van der Waals surface area contributed by atoms with Crippen LogP contribution in [0.3, 0.4) is 0 Å². The Morgan fingerprint density at radius 1 is 0.458 bits per heavy atom. The number of hydrogen-bond donors (Lipinski definition) is 3. The van der Waals surface area contributed by atoms with E-state index in [0.717, 1.165) is 75.0 Å². The number of nitrogens with one attached hydrogen (secondary N) is 3. The Morgan fingerprint density at radius 3 is 1.12 bits per heavy atom. The number of benzene rings is 6. The average Bonchev–Trinajstić information content (AvgIpc) is 4.39. The van der Waals surface area contributed by atoms with Gasteiger partial charge in [0.15, 0.2) is 11.4 Å². The fraction of sp³-hybridized carbons (Fsp3) is 0.143. The molecule has 0 aliphatic carbocycles. The van der Waals surface area contributed by atoms with E-state index in [0.29, 0.717) is 16.7 Å². The van der Waals surface area contributed by atoms with Crippen LogP contribution in [0.15, 0.2) is 128 Å².